The highest BCUT2D eigenvalue weighted by atomic mass is 79.9. The summed E-state index contributed by atoms with van der Waals surface area (Å²) in [6, 6.07) is 6.12. The van der Waals surface area contributed by atoms with E-state index in [4.69, 9.17) is 5.73 Å². The minimum atomic E-state index is 0.0167. The molecule has 2 nitrogen and oxygen atoms in total. The van der Waals surface area contributed by atoms with Crippen LogP contribution < -0.4 is 5.73 Å². The summed E-state index contributed by atoms with van der Waals surface area (Å²) in [7, 11) is 0. The number of hydrogen-bond donors (Lipinski definition) is 1. The number of aromatic nitrogens is 1. The van der Waals surface area contributed by atoms with Gasteiger partial charge in [0, 0.05) is 33.7 Å². The smallest absolute Gasteiger partial charge is 0.0372 e. The van der Waals surface area contributed by atoms with Gasteiger partial charge in [-0.05, 0) is 45.9 Å². The van der Waals surface area contributed by atoms with Gasteiger partial charge in [0.2, 0.25) is 0 Å². The van der Waals surface area contributed by atoms with Crippen LogP contribution in [-0.2, 0) is 6.42 Å². The van der Waals surface area contributed by atoms with Crippen LogP contribution in [0.3, 0.4) is 0 Å². The molecule has 2 N–H and O–H groups in total. The van der Waals surface area contributed by atoms with Crippen molar-refractivity contribution < 1.29 is 0 Å². The molecule has 16 heavy (non-hydrogen) atoms. The largest absolute Gasteiger partial charge is 0.324 e. The van der Waals surface area contributed by atoms with Crippen molar-refractivity contribution in [3.8, 4) is 0 Å². The fraction of sp³-hybridized carbons (Fsp3) is 0.250. The summed E-state index contributed by atoms with van der Waals surface area (Å²) in [6.45, 7) is 1.98. The van der Waals surface area contributed by atoms with Crippen LogP contribution in [0.2, 0.25) is 0 Å². The van der Waals surface area contributed by atoms with Gasteiger partial charge in [-0.1, -0.05) is 6.07 Å². The van der Waals surface area contributed by atoms with Crippen LogP contribution in [0.1, 0.15) is 22.2 Å². The van der Waals surface area contributed by atoms with Gasteiger partial charge in [-0.15, -0.1) is 11.3 Å². The van der Waals surface area contributed by atoms with Crippen molar-refractivity contribution in [3.05, 3.63) is 50.4 Å². The molecule has 0 aliphatic heterocycles. The van der Waals surface area contributed by atoms with Crippen LogP contribution in [-0.4, -0.2) is 4.98 Å². The third kappa shape index (κ3) is 2.70. The number of nitrogens with zero attached hydrogens (tertiary/aromatic N) is 1. The Hall–Kier alpha value is -0.710. The lowest BCUT2D eigenvalue weighted by Crippen LogP contribution is -2.13. The highest BCUT2D eigenvalue weighted by Crippen LogP contribution is 2.27. The first kappa shape index (κ1) is 11.8. The van der Waals surface area contributed by atoms with Crippen molar-refractivity contribution in [2.45, 2.75) is 19.4 Å². The molecule has 0 bridgehead atoms. The van der Waals surface area contributed by atoms with Crippen LogP contribution in [0.25, 0.3) is 0 Å². The molecule has 0 spiro atoms. The maximum atomic E-state index is 6.15. The monoisotopic (exact) mass is 296 g/mol. The van der Waals surface area contributed by atoms with Crippen LogP contribution in [0, 0.1) is 6.92 Å². The lowest BCUT2D eigenvalue weighted by Gasteiger charge is -2.10. The third-order valence-electron chi connectivity index (χ3n) is 2.46. The van der Waals surface area contributed by atoms with Crippen LogP contribution >= 0.6 is 27.3 Å². The highest BCUT2D eigenvalue weighted by Gasteiger charge is 2.10. The number of thiophene rings is 1. The second kappa shape index (κ2) is 5.08. The molecule has 2 aromatic heterocycles. The Balaban J connectivity index is 2.11. The Kier molecular flexibility index (Phi) is 3.74. The van der Waals surface area contributed by atoms with E-state index in [1.807, 2.05) is 19.2 Å². The summed E-state index contributed by atoms with van der Waals surface area (Å²) in [6.07, 6.45) is 2.71. The Morgan fingerprint density at radius 2 is 2.25 bits per heavy atom. The maximum absolute atomic E-state index is 6.15. The number of nitrogens with two attached hydrogens (primary N) is 1. The van der Waals surface area contributed by atoms with Crippen LogP contribution in [0.15, 0.2) is 34.2 Å². The molecule has 84 valence electrons. The molecule has 0 saturated heterocycles. The summed E-state index contributed by atoms with van der Waals surface area (Å²) >= 11 is 5.25. The molecule has 0 saturated carbocycles. The average Bonchev–Trinajstić information content (AvgIpc) is 2.65. The van der Waals surface area contributed by atoms with E-state index in [2.05, 4.69) is 38.4 Å². The molecule has 0 fully saturated rings. The SMILES string of the molecule is Cc1ccc(C(N)Cc2sccc2Br)cn1. The number of rotatable bonds is 3. The molecule has 4 heteroatoms. The number of aryl methyl sites for hydroxylation is 1. The van der Waals surface area contributed by atoms with Crippen molar-refractivity contribution in [3.63, 3.8) is 0 Å². The number of pyridine rings is 1. The molecule has 0 aromatic carbocycles. The van der Waals surface area contributed by atoms with E-state index in [0.717, 1.165) is 22.2 Å². The molecule has 0 aliphatic rings. The molecular formula is C12H13BrN2S. The van der Waals surface area contributed by atoms with Gasteiger partial charge in [0.15, 0.2) is 0 Å². The average molecular weight is 297 g/mol. The first-order valence-electron chi connectivity index (χ1n) is 5.07. The van der Waals surface area contributed by atoms with E-state index in [1.54, 1.807) is 11.3 Å². The first-order chi connectivity index (χ1) is 7.66. The highest BCUT2D eigenvalue weighted by molar-refractivity contribution is 9.10. The first-order valence-corrected chi connectivity index (χ1v) is 6.74. The van der Waals surface area contributed by atoms with E-state index in [-0.39, 0.29) is 6.04 Å². The van der Waals surface area contributed by atoms with E-state index in [1.165, 1.54) is 4.88 Å². The molecule has 2 aromatic rings. The standard InChI is InChI=1S/C12H13BrN2S/c1-8-2-3-9(7-15-8)11(14)6-12-10(13)4-5-16-12/h2-5,7,11H,6,14H2,1H3. The second-order valence-corrected chi connectivity index (χ2v) is 5.59. The van der Waals surface area contributed by atoms with E-state index >= 15 is 0 Å². The molecule has 0 amide bonds. The van der Waals surface area contributed by atoms with Gasteiger partial charge >= 0.3 is 0 Å². The quantitative estimate of drug-likeness (QED) is 0.942. The molecule has 0 radical (unpaired) electrons. The van der Waals surface area contributed by atoms with Gasteiger partial charge < -0.3 is 5.73 Å². The summed E-state index contributed by atoms with van der Waals surface area (Å²) < 4.78 is 1.15. The Labute approximate surface area is 108 Å². The molecule has 0 aliphatic carbocycles. The lowest BCUT2D eigenvalue weighted by atomic mass is 10.1. The minimum absolute atomic E-state index is 0.0167. The van der Waals surface area contributed by atoms with Gasteiger partial charge in [-0.3, -0.25) is 4.98 Å². The van der Waals surface area contributed by atoms with Crippen molar-refractivity contribution in [2.75, 3.05) is 0 Å². The third-order valence-corrected chi connectivity index (χ3v) is 4.41. The summed E-state index contributed by atoms with van der Waals surface area (Å²) in [5.41, 5.74) is 8.26. The molecular weight excluding hydrogens is 284 g/mol. The maximum Gasteiger partial charge on any atom is 0.0372 e. The number of halogens is 1. The topological polar surface area (TPSA) is 38.9 Å². The second-order valence-electron chi connectivity index (χ2n) is 3.74. The predicted molar refractivity (Wildman–Crippen MR) is 71.6 cm³/mol. The molecule has 1 atom stereocenters. The zero-order valence-electron chi connectivity index (χ0n) is 8.98. The van der Waals surface area contributed by atoms with Crippen molar-refractivity contribution in [1.82, 2.24) is 4.98 Å². The Morgan fingerprint density at radius 3 is 2.81 bits per heavy atom. The van der Waals surface area contributed by atoms with Crippen molar-refractivity contribution in [2.24, 2.45) is 5.73 Å². The van der Waals surface area contributed by atoms with Gasteiger partial charge in [0.1, 0.15) is 0 Å². The van der Waals surface area contributed by atoms with Crippen molar-refractivity contribution >= 4 is 27.3 Å². The van der Waals surface area contributed by atoms with Gasteiger partial charge in [-0.2, -0.15) is 0 Å². The van der Waals surface area contributed by atoms with Gasteiger partial charge in [0.25, 0.3) is 0 Å². The minimum Gasteiger partial charge on any atom is -0.324 e. The normalized spacial score (nSPS) is 12.7. The lowest BCUT2D eigenvalue weighted by molar-refractivity contribution is 0.723. The zero-order chi connectivity index (χ0) is 11.5. The summed E-state index contributed by atoms with van der Waals surface area (Å²) in [5.74, 6) is 0. The van der Waals surface area contributed by atoms with E-state index in [9.17, 15) is 0 Å². The van der Waals surface area contributed by atoms with E-state index in [0.29, 0.717) is 0 Å². The Bertz CT molecular complexity index is 464. The Morgan fingerprint density at radius 1 is 1.44 bits per heavy atom. The predicted octanol–water partition coefficient (Wildman–Crippen LogP) is 3.46. The summed E-state index contributed by atoms with van der Waals surface area (Å²) in [4.78, 5) is 5.55. The van der Waals surface area contributed by atoms with E-state index < -0.39 is 0 Å². The fourth-order valence-corrected chi connectivity index (χ4v) is 3.06. The molecule has 2 heterocycles. The van der Waals surface area contributed by atoms with Crippen molar-refractivity contribution in [1.29, 1.82) is 0 Å². The van der Waals surface area contributed by atoms with Crippen LogP contribution in [0.5, 0.6) is 0 Å². The zero-order valence-corrected chi connectivity index (χ0v) is 11.4. The fourth-order valence-electron chi connectivity index (χ4n) is 1.49. The summed E-state index contributed by atoms with van der Waals surface area (Å²) in [5, 5.41) is 2.07. The van der Waals surface area contributed by atoms with Gasteiger partial charge in [-0.25, -0.2) is 0 Å². The molecule has 1 unspecified atom stereocenters. The number of hydrogen-bond acceptors (Lipinski definition) is 3. The van der Waals surface area contributed by atoms with Crippen LogP contribution in [0.4, 0.5) is 0 Å². The van der Waals surface area contributed by atoms with Gasteiger partial charge in [0.05, 0.1) is 0 Å². The molecule has 2 rings (SSSR count).